The summed E-state index contributed by atoms with van der Waals surface area (Å²) in [6.45, 7) is 2.47. The van der Waals surface area contributed by atoms with E-state index in [0.29, 0.717) is 43.4 Å². The molecule has 2 heterocycles. The topological polar surface area (TPSA) is 118 Å². The van der Waals surface area contributed by atoms with Gasteiger partial charge in [0.1, 0.15) is 23.0 Å². The summed E-state index contributed by atoms with van der Waals surface area (Å²) < 4.78 is 18.8. The molecule has 1 aliphatic heterocycles. The summed E-state index contributed by atoms with van der Waals surface area (Å²) in [6, 6.07) is 16.6. The Morgan fingerprint density at radius 1 is 1.00 bits per heavy atom. The average molecular weight is 437 g/mol. The Kier molecular flexibility index (Phi) is 6.31. The molecule has 1 aliphatic rings. The molecule has 1 atom stereocenters. The van der Waals surface area contributed by atoms with Gasteiger partial charge in [0.05, 0.1) is 5.69 Å². The number of nitrogens with two attached hydrogens (primary N) is 2. The number of primary amides is 1. The first kappa shape index (κ1) is 21.7. The number of aliphatic hydroxyl groups excluding tert-OH is 1. The monoisotopic (exact) mass is 437 g/mol. The van der Waals surface area contributed by atoms with Gasteiger partial charge >= 0.3 is 0 Å². The Bertz CT molecular complexity index is 1080. The second-order valence-electron chi connectivity index (χ2n) is 7.48. The number of aliphatic hydroxyl groups is 1. The molecule has 2 aromatic carbocycles. The average Bonchev–Trinajstić information content (AvgIpc) is 2.81. The zero-order valence-corrected chi connectivity index (χ0v) is 17.3. The minimum atomic E-state index is -0.984. The van der Waals surface area contributed by atoms with Crippen molar-refractivity contribution in [3.8, 4) is 22.8 Å². The fraction of sp³-hybridized carbons (Fsp3) is 0.217. The maximum absolute atomic E-state index is 13.1. The highest BCUT2D eigenvalue weighted by atomic mass is 19.1. The van der Waals surface area contributed by atoms with Gasteiger partial charge in [-0.3, -0.25) is 15.4 Å². The number of nitrogens with zero attached hydrogens (tertiary/aromatic N) is 3. The molecule has 166 valence electrons. The van der Waals surface area contributed by atoms with Gasteiger partial charge in [0.2, 0.25) is 0 Å². The van der Waals surface area contributed by atoms with Crippen molar-refractivity contribution in [1.82, 2.24) is 9.88 Å². The molecule has 4 rings (SSSR count). The van der Waals surface area contributed by atoms with Crippen LogP contribution in [0.3, 0.4) is 0 Å². The number of carbonyl (C=O) groups excluding carboxylic acids is 1. The zero-order valence-electron chi connectivity index (χ0n) is 17.3. The van der Waals surface area contributed by atoms with Crippen molar-refractivity contribution in [2.24, 2.45) is 11.5 Å². The normalized spacial score (nSPS) is 15.4. The SMILES string of the molecule is NC(=O)c1cc(N2CCN(C(N)O)CC2)cc(-c2ccc(Oc3ccc(F)cc3)cc2)n1. The summed E-state index contributed by atoms with van der Waals surface area (Å²) in [5.74, 6) is 0.171. The third-order valence-electron chi connectivity index (χ3n) is 5.32. The number of pyridine rings is 1. The van der Waals surface area contributed by atoms with Gasteiger partial charge < -0.3 is 20.5 Å². The lowest BCUT2D eigenvalue weighted by atomic mass is 10.1. The standard InChI is InChI=1S/C23H24FN5O3/c24-16-3-7-19(8-4-16)32-18-5-1-15(2-6-18)20-13-17(14-21(27-20)22(25)30)28-9-11-29(12-10-28)23(26)31/h1-8,13-14,23,31H,9-12,26H2,(H2,25,30). The first-order valence-corrected chi connectivity index (χ1v) is 10.2. The molecule has 32 heavy (non-hydrogen) atoms. The van der Waals surface area contributed by atoms with Gasteiger partial charge in [-0.05, 0) is 60.7 Å². The largest absolute Gasteiger partial charge is 0.457 e. The number of anilines is 1. The number of amides is 1. The third kappa shape index (κ3) is 5.02. The second kappa shape index (κ2) is 9.31. The van der Waals surface area contributed by atoms with Crippen molar-refractivity contribution in [1.29, 1.82) is 0 Å². The molecule has 1 unspecified atom stereocenters. The minimum Gasteiger partial charge on any atom is -0.457 e. The molecule has 8 nitrogen and oxygen atoms in total. The maximum Gasteiger partial charge on any atom is 0.267 e. The molecule has 1 saturated heterocycles. The fourth-order valence-corrected chi connectivity index (χ4v) is 3.55. The van der Waals surface area contributed by atoms with E-state index >= 15 is 0 Å². The number of hydrogen-bond donors (Lipinski definition) is 3. The lowest BCUT2D eigenvalue weighted by Crippen LogP contribution is -2.53. The highest BCUT2D eigenvalue weighted by Gasteiger charge is 2.21. The van der Waals surface area contributed by atoms with Gasteiger partial charge in [-0.15, -0.1) is 0 Å². The number of rotatable bonds is 6. The number of piperazine rings is 1. The zero-order chi connectivity index (χ0) is 22.7. The third-order valence-corrected chi connectivity index (χ3v) is 5.32. The molecule has 0 spiro atoms. The van der Waals surface area contributed by atoms with Gasteiger partial charge in [-0.2, -0.15) is 0 Å². The summed E-state index contributed by atoms with van der Waals surface area (Å²) in [5, 5.41) is 9.56. The number of aromatic nitrogens is 1. The van der Waals surface area contributed by atoms with Crippen molar-refractivity contribution in [3.63, 3.8) is 0 Å². The van der Waals surface area contributed by atoms with Crippen molar-refractivity contribution in [3.05, 3.63) is 72.2 Å². The smallest absolute Gasteiger partial charge is 0.267 e. The second-order valence-corrected chi connectivity index (χ2v) is 7.48. The highest BCUT2D eigenvalue weighted by Crippen LogP contribution is 2.28. The Balaban J connectivity index is 1.56. The van der Waals surface area contributed by atoms with E-state index in [4.69, 9.17) is 16.2 Å². The minimum absolute atomic E-state index is 0.172. The molecule has 0 radical (unpaired) electrons. The van der Waals surface area contributed by atoms with E-state index in [1.807, 2.05) is 18.2 Å². The van der Waals surface area contributed by atoms with Crippen LogP contribution in [0, 0.1) is 5.82 Å². The first-order chi connectivity index (χ1) is 15.4. The molecule has 1 amide bonds. The van der Waals surface area contributed by atoms with Crippen LogP contribution in [0.1, 0.15) is 10.5 Å². The number of carbonyl (C=O) groups is 1. The summed E-state index contributed by atoms with van der Waals surface area (Å²) in [6.07, 6.45) is -0.984. The van der Waals surface area contributed by atoms with Crippen LogP contribution in [0.2, 0.25) is 0 Å². The van der Waals surface area contributed by atoms with Crippen LogP contribution in [0.25, 0.3) is 11.3 Å². The lowest BCUT2D eigenvalue weighted by Gasteiger charge is -2.37. The Morgan fingerprint density at radius 3 is 2.16 bits per heavy atom. The first-order valence-electron chi connectivity index (χ1n) is 10.2. The maximum atomic E-state index is 13.1. The molecule has 0 bridgehead atoms. The Labute approximate surface area is 184 Å². The van der Waals surface area contributed by atoms with E-state index in [1.54, 1.807) is 35.2 Å². The summed E-state index contributed by atoms with van der Waals surface area (Å²) in [4.78, 5) is 20.2. The van der Waals surface area contributed by atoms with Crippen LogP contribution in [-0.4, -0.2) is 53.4 Å². The molecule has 0 saturated carbocycles. The van der Waals surface area contributed by atoms with E-state index < -0.39 is 12.3 Å². The van der Waals surface area contributed by atoms with Gasteiger partial charge in [-0.1, -0.05) is 0 Å². The lowest BCUT2D eigenvalue weighted by molar-refractivity contribution is 0.00569. The van der Waals surface area contributed by atoms with Gasteiger partial charge in [0.15, 0.2) is 6.35 Å². The van der Waals surface area contributed by atoms with Gasteiger partial charge in [-0.25, -0.2) is 9.37 Å². The van der Waals surface area contributed by atoms with E-state index in [0.717, 1.165) is 11.3 Å². The van der Waals surface area contributed by atoms with Gasteiger partial charge in [0.25, 0.3) is 5.91 Å². The Morgan fingerprint density at radius 2 is 1.59 bits per heavy atom. The highest BCUT2D eigenvalue weighted by molar-refractivity contribution is 5.92. The molecule has 3 aromatic rings. The van der Waals surface area contributed by atoms with E-state index in [1.165, 1.54) is 12.1 Å². The quantitative estimate of drug-likeness (QED) is 0.506. The predicted octanol–water partition coefficient (Wildman–Crippen LogP) is 2.14. The molecule has 5 N–H and O–H groups in total. The van der Waals surface area contributed by atoms with Crippen molar-refractivity contribution < 1.29 is 19.0 Å². The van der Waals surface area contributed by atoms with Crippen molar-refractivity contribution in [2.75, 3.05) is 31.1 Å². The van der Waals surface area contributed by atoms with Crippen LogP contribution in [-0.2, 0) is 0 Å². The molecular formula is C23H24FN5O3. The summed E-state index contributed by atoms with van der Waals surface area (Å²) >= 11 is 0. The van der Waals surface area contributed by atoms with Crippen LogP contribution in [0.15, 0.2) is 60.7 Å². The van der Waals surface area contributed by atoms with E-state index in [2.05, 4.69) is 9.88 Å². The van der Waals surface area contributed by atoms with Crippen LogP contribution < -0.4 is 21.1 Å². The van der Waals surface area contributed by atoms with E-state index in [-0.39, 0.29) is 11.5 Å². The number of benzene rings is 2. The molecule has 9 heteroatoms. The molecule has 1 fully saturated rings. The van der Waals surface area contributed by atoms with Crippen LogP contribution in [0.4, 0.5) is 10.1 Å². The number of hydrogen-bond acceptors (Lipinski definition) is 7. The van der Waals surface area contributed by atoms with Gasteiger partial charge in [0, 0.05) is 37.4 Å². The summed E-state index contributed by atoms with van der Waals surface area (Å²) in [7, 11) is 0. The van der Waals surface area contributed by atoms with Crippen molar-refractivity contribution >= 4 is 11.6 Å². The molecular weight excluding hydrogens is 413 g/mol. The van der Waals surface area contributed by atoms with Crippen LogP contribution >= 0.6 is 0 Å². The fourth-order valence-electron chi connectivity index (χ4n) is 3.55. The summed E-state index contributed by atoms with van der Waals surface area (Å²) in [5.41, 5.74) is 13.4. The van der Waals surface area contributed by atoms with Crippen molar-refractivity contribution in [2.45, 2.75) is 6.35 Å². The predicted molar refractivity (Wildman–Crippen MR) is 119 cm³/mol. The molecule has 0 aliphatic carbocycles. The van der Waals surface area contributed by atoms with E-state index in [9.17, 15) is 14.3 Å². The number of ether oxygens (including phenoxy) is 1. The number of halogens is 1. The molecule has 1 aromatic heterocycles. The van der Waals surface area contributed by atoms with Crippen LogP contribution in [0.5, 0.6) is 11.5 Å². The Hall–Kier alpha value is -3.53.